The third-order valence-electron chi connectivity index (χ3n) is 6.56. The lowest BCUT2D eigenvalue weighted by molar-refractivity contribution is -0.192. The van der Waals surface area contributed by atoms with E-state index in [9.17, 15) is 22.4 Å². The van der Waals surface area contributed by atoms with E-state index in [4.69, 9.17) is 9.90 Å². The zero-order valence-electron chi connectivity index (χ0n) is 20.8. The van der Waals surface area contributed by atoms with Crippen LogP contribution in [0.15, 0.2) is 48.5 Å². The quantitative estimate of drug-likeness (QED) is 0.403. The van der Waals surface area contributed by atoms with Crippen molar-refractivity contribution in [2.45, 2.75) is 51.4 Å². The fourth-order valence-electron chi connectivity index (χ4n) is 4.78. The SMILES string of the molecule is Cc1cc(NC(=O)C=Cc2cccc(F)c2)ccc1N1CCC(N2CCCC2C)C1.O=C(O)C(F)(F)F. The van der Waals surface area contributed by atoms with Crippen LogP contribution in [0.3, 0.4) is 0 Å². The smallest absolute Gasteiger partial charge is 0.475 e. The summed E-state index contributed by atoms with van der Waals surface area (Å²) in [5.41, 5.74) is 3.84. The van der Waals surface area contributed by atoms with Crippen LogP contribution in [0, 0.1) is 12.7 Å². The highest BCUT2D eigenvalue weighted by Gasteiger charge is 2.38. The van der Waals surface area contributed by atoms with Gasteiger partial charge in [-0.2, -0.15) is 13.2 Å². The maximum absolute atomic E-state index is 13.2. The summed E-state index contributed by atoms with van der Waals surface area (Å²) in [5, 5.41) is 10.0. The molecular weight excluding hydrogens is 490 g/mol. The largest absolute Gasteiger partial charge is 0.490 e. The molecule has 2 aliphatic rings. The molecule has 2 aromatic carbocycles. The van der Waals surface area contributed by atoms with E-state index in [0.717, 1.165) is 24.3 Å². The number of halogens is 4. The number of likely N-dealkylation sites (tertiary alicyclic amines) is 1. The Kier molecular flexibility index (Phi) is 9.31. The Hall–Kier alpha value is -3.40. The van der Waals surface area contributed by atoms with Gasteiger partial charge in [-0.05, 0) is 87.2 Å². The van der Waals surface area contributed by atoms with Crippen molar-refractivity contribution in [2.75, 3.05) is 29.9 Å². The maximum atomic E-state index is 13.2. The van der Waals surface area contributed by atoms with Crippen molar-refractivity contribution in [2.24, 2.45) is 0 Å². The number of hydrogen-bond acceptors (Lipinski definition) is 4. The number of nitrogens with zero attached hydrogens (tertiary/aromatic N) is 2. The van der Waals surface area contributed by atoms with Crippen molar-refractivity contribution in [1.29, 1.82) is 0 Å². The molecule has 0 radical (unpaired) electrons. The minimum absolute atomic E-state index is 0.226. The zero-order chi connectivity index (χ0) is 27.2. The van der Waals surface area contributed by atoms with Crippen molar-refractivity contribution in [3.63, 3.8) is 0 Å². The molecule has 2 aromatic rings. The van der Waals surface area contributed by atoms with E-state index in [2.05, 4.69) is 35.0 Å². The number of nitrogens with one attached hydrogen (secondary N) is 1. The van der Waals surface area contributed by atoms with E-state index < -0.39 is 12.1 Å². The van der Waals surface area contributed by atoms with Gasteiger partial charge in [-0.15, -0.1) is 0 Å². The van der Waals surface area contributed by atoms with E-state index in [1.807, 2.05) is 12.1 Å². The number of aryl methyl sites for hydroxylation is 1. The Morgan fingerprint density at radius 2 is 1.84 bits per heavy atom. The lowest BCUT2D eigenvalue weighted by Crippen LogP contribution is -2.39. The number of rotatable bonds is 5. The molecule has 2 aliphatic heterocycles. The fraction of sp³-hybridized carbons (Fsp3) is 0.407. The second kappa shape index (κ2) is 12.2. The number of carbonyl (C=O) groups excluding carboxylic acids is 1. The molecule has 0 aromatic heterocycles. The van der Waals surface area contributed by atoms with Crippen LogP contribution in [0.25, 0.3) is 6.08 Å². The second-order valence-corrected chi connectivity index (χ2v) is 9.30. The van der Waals surface area contributed by atoms with Gasteiger partial charge in [-0.1, -0.05) is 12.1 Å². The first-order valence-electron chi connectivity index (χ1n) is 12.1. The monoisotopic (exact) mass is 521 g/mol. The molecule has 2 atom stereocenters. The summed E-state index contributed by atoms with van der Waals surface area (Å²) in [6.07, 6.45) is 1.81. The van der Waals surface area contributed by atoms with Gasteiger partial charge < -0.3 is 15.3 Å². The lowest BCUT2D eigenvalue weighted by Gasteiger charge is -2.29. The zero-order valence-corrected chi connectivity index (χ0v) is 20.8. The van der Waals surface area contributed by atoms with E-state index in [1.54, 1.807) is 18.2 Å². The summed E-state index contributed by atoms with van der Waals surface area (Å²) >= 11 is 0. The predicted molar refractivity (Wildman–Crippen MR) is 135 cm³/mol. The Morgan fingerprint density at radius 1 is 1.11 bits per heavy atom. The number of carbonyl (C=O) groups is 2. The Bertz CT molecular complexity index is 1140. The van der Waals surface area contributed by atoms with Crippen molar-refractivity contribution in [1.82, 2.24) is 4.90 Å². The summed E-state index contributed by atoms with van der Waals surface area (Å²) in [5.74, 6) is -3.30. The molecule has 0 aliphatic carbocycles. The van der Waals surface area contributed by atoms with Crippen LogP contribution in [-0.4, -0.2) is 59.8 Å². The van der Waals surface area contributed by atoms with E-state index in [0.29, 0.717) is 17.6 Å². The fourth-order valence-corrected chi connectivity index (χ4v) is 4.78. The molecule has 2 heterocycles. The summed E-state index contributed by atoms with van der Waals surface area (Å²) in [4.78, 5) is 26.3. The van der Waals surface area contributed by atoms with E-state index in [-0.39, 0.29) is 11.7 Å². The number of aliphatic carboxylic acids is 1. The molecule has 10 heteroatoms. The predicted octanol–water partition coefficient (Wildman–Crippen LogP) is 5.48. The number of alkyl halides is 3. The van der Waals surface area contributed by atoms with Crippen LogP contribution in [0.2, 0.25) is 0 Å². The summed E-state index contributed by atoms with van der Waals surface area (Å²) in [6, 6.07) is 13.6. The molecule has 2 saturated heterocycles. The lowest BCUT2D eigenvalue weighted by atomic mass is 10.1. The third-order valence-corrected chi connectivity index (χ3v) is 6.56. The van der Waals surface area contributed by atoms with Gasteiger partial charge in [-0.25, -0.2) is 9.18 Å². The Morgan fingerprint density at radius 3 is 2.43 bits per heavy atom. The molecule has 0 spiro atoms. The molecular formula is C27H31F4N3O3. The van der Waals surface area contributed by atoms with Crippen molar-refractivity contribution < 1.29 is 32.3 Å². The molecule has 0 saturated carbocycles. The van der Waals surface area contributed by atoms with Gasteiger partial charge in [-0.3, -0.25) is 9.69 Å². The van der Waals surface area contributed by atoms with E-state index in [1.165, 1.54) is 49.7 Å². The van der Waals surface area contributed by atoms with E-state index >= 15 is 0 Å². The maximum Gasteiger partial charge on any atom is 0.490 e. The van der Waals surface area contributed by atoms with Gasteiger partial charge in [0.2, 0.25) is 5.91 Å². The molecule has 2 fully saturated rings. The molecule has 6 nitrogen and oxygen atoms in total. The molecule has 0 bridgehead atoms. The Labute approximate surface area is 213 Å². The van der Waals surface area contributed by atoms with Crippen LogP contribution in [0.1, 0.15) is 37.3 Å². The van der Waals surface area contributed by atoms with Crippen LogP contribution in [0.4, 0.5) is 28.9 Å². The van der Waals surface area contributed by atoms with Crippen molar-refractivity contribution in [3.8, 4) is 0 Å². The van der Waals surface area contributed by atoms with Gasteiger partial charge in [0.1, 0.15) is 5.82 Å². The van der Waals surface area contributed by atoms with Crippen LogP contribution >= 0.6 is 0 Å². The number of anilines is 2. The normalized spacial score (nSPS) is 20.1. The Balaban J connectivity index is 0.000000479. The number of carboxylic acid groups (broad SMARTS) is 1. The average Bonchev–Trinajstić information content (AvgIpc) is 3.46. The molecule has 200 valence electrons. The minimum atomic E-state index is -5.08. The highest BCUT2D eigenvalue weighted by Crippen LogP contribution is 2.31. The molecule has 2 N–H and O–H groups in total. The minimum Gasteiger partial charge on any atom is -0.475 e. The topological polar surface area (TPSA) is 72.9 Å². The van der Waals surface area contributed by atoms with Gasteiger partial charge in [0.05, 0.1) is 0 Å². The van der Waals surface area contributed by atoms with Gasteiger partial charge in [0.25, 0.3) is 0 Å². The highest BCUT2D eigenvalue weighted by atomic mass is 19.4. The van der Waals surface area contributed by atoms with Crippen LogP contribution in [-0.2, 0) is 9.59 Å². The van der Waals surface area contributed by atoms with Crippen molar-refractivity contribution in [3.05, 3.63) is 65.5 Å². The standard InChI is InChI=1S/C25H30FN3O.C2HF3O2/c1-18-15-22(27-25(30)11-8-20-6-3-7-21(26)16-20)9-10-24(18)28-14-12-23(17-28)29-13-4-5-19(29)2;3-2(4,5)1(6)7/h3,6-11,15-16,19,23H,4-5,12-14,17H2,1-2H3,(H,27,30);(H,6,7). The number of benzene rings is 2. The summed E-state index contributed by atoms with van der Waals surface area (Å²) in [7, 11) is 0. The first-order valence-corrected chi connectivity index (χ1v) is 12.1. The molecule has 4 rings (SSSR count). The number of hydrogen-bond donors (Lipinski definition) is 2. The summed E-state index contributed by atoms with van der Waals surface area (Å²) in [6.45, 7) is 7.83. The van der Waals surface area contributed by atoms with Crippen LogP contribution in [0.5, 0.6) is 0 Å². The van der Waals surface area contributed by atoms with Gasteiger partial charge >= 0.3 is 12.1 Å². The first-order chi connectivity index (χ1) is 17.4. The average molecular weight is 522 g/mol. The molecule has 1 amide bonds. The van der Waals surface area contributed by atoms with Crippen molar-refractivity contribution >= 4 is 29.3 Å². The number of amides is 1. The van der Waals surface area contributed by atoms with Gasteiger partial charge in [0, 0.05) is 42.6 Å². The molecule has 37 heavy (non-hydrogen) atoms. The van der Waals surface area contributed by atoms with Crippen LogP contribution < -0.4 is 10.2 Å². The number of carboxylic acids is 1. The summed E-state index contributed by atoms with van der Waals surface area (Å²) < 4.78 is 45.0. The first kappa shape index (κ1) is 28.2. The third kappa shape index (κ3) is 8.04. The highest BCUT2D eigenvalue weighted by molar-refractivity contribution is 6.02. The second-order valence-electron chi connectivity index (χ2n) is 9.30. The molecule has 2 unspecified atom stereocenters. The van der Waals surface area contributed by atoms with Gasteiger partial charge in [0.15, 0.2) is 0 Å².